The minimum atomic E-state index is 0.0105. The first-order valence-corrected chi connectivity index (χ1v) is 5.50. The van der Waals surface area contributed by atoms with E-state index in [9.17, 15) is 0 Å². The van der Waals surface area contributed by atoms with Gasteiger partial charge >= 0.3 is 0 Å². The zero-order valence-electron chi connectivity index (χ0n) is 6.96. The van der Waals surface area contributed by atoms with Gasteiger partial charge in [-0.05, 0) is 19.8 Å². The largest absolute Gasteiger partial charge is 0.143 e. The summed E-state index contributed by atoms with van der Waals surface area (Å²) in [6.07, 6.45) is 3.91. The van der Waals surface area contributed by atoms with E-state index in [-0.39, 0.29) is 5.38 Å². The molecule has 1 aliphatic carbocycles. The van der Waals surface area contributed by atoms with Gasteiger partial charge in [0.05, 0.1) is 5.38 Å². The molecule has 0 saturated heterocycles. The van der Waals surface area contributed by atoms with Crippen molar-refractivity contribution in [1.82, 2.24) is 10.2 Å². The van der Waals surface area contributed by atoms with Gasteiger partial charge in [-0.1, -0.05) is 17.8 Å². The zero-order chi connectivity index (χ0) is 8.55. The van der Waals surface area contributed by atoms with Crippen molar-refractivity contribution in [3.63, 3.8) is 0 Å². The number of rotatable bonds is 2. The second-order valence-electron chi connectivity index (χ2n) is 3.22. The summed E-state index contributed by atoms with van der Waals surface area (Å²) in [4.78, 5) is 0. The summed E-state index contributed by atoms with van der Waals surface area (Å²) in [5, 5.41) is 10.4. The lowest BCUT2D eigenvalue weighted by Crippen LogP contribution is -2.07. The van der Waals surface area contributed by atoms with Crippen molar-refractivity contribution in [3.05, 3.63) is 10.0 Å². The molecule has 1 unspecified atom stereocenters. The standard InChI is InChI=1S/C8H11ClN2S/c1-5(9)7-10-11-8(12-7)6-3-2-4-6/h5-6H,2-4H2,1H3. The lowest BCUT2D eigenvalue weighted by atomic mass is 9.86. The number of halogens is 1. The quantitative estimate of drug-likeness (QED) is 0.689. The van der Waals surface area contributed by atoms with Crippen LogP contribution in [0.4, 0.5) is 0 Å². The Bertz CT molecular complexity index is 268. The summed E-state index contributed by atoms with van der Waals surface area (Å²) in [7, 11) is 0. The number of alkyl halides is 1. The minimum Gasteiger partial charge on any atom is -0.143 e. The Balaban J connectivity index is 2.12. The van der Waals surface area contributed by atoms with Crippen LogP contribution in [0.1, 0.15) is 47.5 Å². The van der Waals surface area contributed by atoms with E-state index in [1.165, 1.54) is 24.3 Å². The van der Waals surface area contributed by atoms with Crippen LogP contribution in [0.25, 0.3) is 0 Å². The first kappa shape index (κ1) is 8.45. The summed E-state index contributed by atoms with van der Waals surface area (Å²) < 4.78 is 0. The second kappa shape index (κ2) is 3.30. The maximum atomic E-state index is 5.89. The van der Waals surface area contributed by atoms with Crippen LogP contribution in [0.2, 0.25) is 0 Å². The van der Waals surface area contributed by atoms with E-state index in [2.05, 4.69) is 10.2 Å². The summed E-state index contributed by atoms with van der Waals surface area (Å²) in [5.41, 5.74) is 0. The fourth-order valence-corrected chi connectivity index (χ4v) is 2.35. The summed E-state index contributed by atoms with van der Waals surface area (Å²) >= 11 is 7.56. The van der Waals surface area contributed by atoms with Gasteiger partial charge in [-0.3, -0.25) is 0 Å². The van der Waals surface area contributed by atoms with Crippen molar-refractivity contribution >= 4 is 22.9 Å². The first-order chi connectivity index (χ1) is 5.77. The normalized spacial score (nSPS) is 20.5. The molecule has 0 aromatic carbocycles. The average Bonchev–Trinajstić information content (AvgIpc) is 2.32. The molecular weight excluding hydrogens is 192 g/mol. The van der Waals surface area contributed by atoms with Crippen LogP contribution in [-0.2, 0) is 0 Å². The number of aromatic nitrogens is 2. The van der Waals surface area contributed by atoms with Crippen molar-refractivity contribution in [2.75, 3.05) is 0 Å². The van der Waals surface area contributed by atoms with Crippen LogP contribution < -0.4 is 0 Å². The van der Waals surface area contributed by atoms with E-state index in [4.69, 9.17) is 11.6 Å². The van der Waals surface area contributed by atoms with Gasteiger partial charge in [0.1, 0.15) is 10.0 Å². The van der Waals surface area contributed by atoms with Crippen LogP contribution in [0, 0.1) is 0 Å². The van der Waals surface area contributed by atoms with Gasteiger partial charge in [0, 0.05) is 5.92 Å². The molecule has 66 valence electrons. The molecule has 0 radical (unpaired) electrons. The lowest BCUT2D eigenvalue weighted by molar-refractivity contribution is 0.416. The van der Waals surface area contributed by atoms with Gasteiger partial charge < -0.3 is 0 Å². The molecule has 0 N–H and O–H groups in total. The smallest absolute Gasteiger partial charge is 0.135 e. The molecule has 1 heterocycles. The Morgan fingerprint density at radius 2 is 2.25 bits per heavy atom. The highest BCUT2D eigenvalue weighted by Gasteiger charge is 2.23. The van der Waals surface area contributed by atoms with Crippen LogP contribution in [0.15, 0.2) is 0 Å². The third-order valence-electron chi connectivity index (χ3n) is 2.25. The third-order valence-corrected chi connectivity index (χ3v) is 3.86. The number of hydrogen-bond acceptors (Lipinski definition) is 3. The Kier molecular flexibility index (Phi) is 2.33. The van der Waals surface area contributed by atoms with Crippen LogP contribution in [-0.4, -0.2) is 10.2 Å². The Morgan fingerprint density at radius 3 is 2.67 bits per heavy atom. The summed E-state index contributed by atoms with van der Waals surface area (Å²) in [6, 6.07) is 0. The fraction of sp³-hybridized carbons (Fsp3) is 0.750. The molecule has 0 spiro atoms. The molecule has 1 aromatic rings. The van der Waals surface area contributed by atoms with E-state index in [0.29, 0.717) is 5.92 Å². The topological polar surface area (TPSA) is 25.8 Å². The minimum absolute atomic E-state index is 0.0105. The molecule has 1 saturated carbocycles. The van der Waals surface area contributed by atoms with Crippen molar-refractivity contribution in [1.29, 1.82) is 0 Å². The third kappa shape index (κ3) is 1.48. The predicted octanol–water partition coefficient (Wildman–Crippen LogP) is 3.11. The van der Waals surface area contributed by atoms with E-state index in [0.717, 1.165) is 5.01 Å². The molecule has 12 heavy (non-hydrogen) atoms. The summed E-state index contributed by atoms with van der Waals surface area (Å²) in [6.45, 7) is 1.94. The van der Waals surface area contributed by atoms with Gasteiger partial charge in [0.25, 0.3) is 0 Å². The highest BCUT2D eigenvalue weighted by molar-refractivity contribution is 7.11. The van der Waals surface area contributed by atoms with E-state index in [1.807, 2.05) is 6.92 Å². The van der Waals surface area contributed by atoms with Gasteiger partial charge in [-0.15, -0.1) is 21.8 Å². The fourth-order valence-electron chi connectivity index (χ4n) is 1.23. The Labute approximate surface area is 81.0 Å². The molecule has 0 bridgehead atoms. The Morgan fingerprint density at radius 1 is 1.50 bits per heavy atom. The molecule has 4 heteroatoms. The Hall–Kier alpha value is -0.150. The average molecular weight is 203 g/mol. The van der Waals surface area contributed by atoms with Gasteiger partial charge in [-0.2, -0.15) is 0 Å². The molecule has 2 nitrogen and oxygen atoms in total. The van der Waals surface area contributed by atoms with Crippen molar-refractivity contribution in [2.24, 2.45) is 0 Å². The lowest BCUT2D eigenvalue weighted by Gasteiger charge is -2.21. The number of hydrogen-bond donors (Lipinski definition) is 0. The van der Waals surface area contributed by atoms with Crippen LogP contribution >= 0.6 is 22.9 Å². The van der Waals surface area contributed by atoms with Gasteiger partial charge in [0.2, 0.25) is 0 Å². The number of nitrogens with zero attached hydrogens (tertiary/aromatic N) is 2. The van der Waals surface area contributed by atoms with Crippen molar-refractivity contribution < 1.29 is 0 Å². The van der Waals surface area contributed by atoms with Crippen molar-refractivity contribution in [2.45, 2.75) is 37.5 Å². The van der Waals surface area contributed by atoms with E-state index < -0.39 is 0 Å². The van der Waals surface area contributed by atoms with Crippen LogP contribution in [0.5, 0.6) is 0 Å². The maximum absolute atomic E-state index is 5.89. The monoisotopic (exact) mass is 202 g/mol. The molecule has 2 rings (SSSR count). The van der Waals surface area contributed by atoms with Gasteiger partial charge in [-0.25, -0.2) is 0 Å². The second-order valence-corrected chi connectivity index (χ2v) is 4.92. The first-order valence-electron chi connectivity index (χ1n) is 4.24. The zero-order valence-corrected chi connectivity index (χ0v) is 8.53. The predicted molar refractivity (Wildman–Crippen MR) is 50.8 cm³/mol. The van der Waals surface area contributed by atoms with E-state index >= 15 is 0 Å². The molecule has 0 aliphatic heterocycles. The SMILES string of the molecule is CC(Cl)c1nnc(C2CCC2)s1. The molecule has 1 atom stereocenters. The molecule has 0 amide bonds. The highest BCUT2D eigenvalue weighted by Crippen LogP contribution is 2.38. The molecular formula is C8H11ClN2S. The van der Waals surface area contributed by atoms with Gasteiger partial charge in [0.15, 0.2) is 0 Å². The molecule has 1 aliphatic rings. The summed E-state index contributed by atoms with van der Waals surface area (Å²) in [5.74, 6) is 0.687. The maximum Gasteiger partial charge on any atom is 0.135 e. The highest BCUT2D eigenvalue weighted by atomic mass is 35.5. The molecule has 1 aromatic heterocycles. The molecule has 1 fully saturated rings. The van der Waals surface area contributed by atoms with Crippen LogP contribution in [0.3, 0.4) is 0 Å². The van der Waals surface area contributed by atoms with E-state index in [1.54, 1.807) is 11.3 Å². The van der Waals surface area contributed by atoms with Crippen molar-refractivity contribution in [3.8, 4) is 0 Å².